The molecule has 0 spiro atoms. The van der Waals surface area contributed by atoms with Crippen LogP contribution in [0.1, 0.15) is 29.4 Å². The van der Waals surface area contributed by atoms with E-state index in [1.807, 2.05) is 42.8 Å². The molecule has 1 aromatic heterocycles. The molecule has 104 valence electrons. The number of carboxylic acid groups (broad SMARTS) is 1. The number of hydrogen-bond donors (Lipinski definition) is 1. The SMILES string of the molecule is CCc1c(C)nn(-c2ccccc2/C=C/C(=O)O)c1C. The lowest BCUT2D eigenvalue weighted by atomic mass is 10.1. The number of aromatic nitrogens is 2. The summed E-state index contributed by atoms with van der Waals surface area (Å²) in [5, 5.41) is 13.3. The van der Waals surface area contributed by atoms with Gasteiger partial charge in [0.15, 0.2) is 0 Å². The fourth-order valence-electron chi connectivity index (χ4n) is 2.40. The molecule has 1 aromatic carbocycles. The van der Waals surface area contributed by atoms with Crippen molar-refractivity contribution in [1.82, 2.24) is 9.78 Å². The molecule has 0 unspecified atom stereocenters. The zero-order valence-corrected chi connectivity index (χ0v) is 11.9. The highest BCUT2D eigenvalue weighted by molar-refractivity contribution is 5.86. The summed E-state index contributed by atoms with van der Waals surface area (Å²) in [6, 6.07) is 7.64. The maximum absolute atomic E-state index is 10.7. The second-order valence-electron chi connectivity index (χ2n) is 4.65. The molecule has 0 amide bonds. The highest BCUT2D eigenvalue weighted by Crippen LogP contribution is 2.21. The Morgan fingerprint density at radius 2 is 2.05 bits per heavy atom. The summed E-state index contributed by atoms with van der Waals surface area (Å²) < 4.78 is 1.88. The molecule has 0 fully saturated rings. The maximum atomic E-state index is 10.7. The van der Waals surface area contributed by atoms with Crippen molar-refractivity contribution in [3.63, 3.8) is 0 Å². The van der Waals surface area contributed by atoms with E-state index < -0.39 is 5.97 Å². The van der Waals surface area contributed by atoms with E-state index in [0.717, 1.165) is 35.1 Å². The highest BCUT2D eigenvalue weighted by atomic mass is 16.4. The number of aryl methyl sites for hydroxylation is 1. The van der Waals surface area contributed by atoms with E-state index in [9.17, 15) is 4.79 Å². The third kappa shape index (κ3) is 2.64. The molecule has 0 saturated heterocycles. The van der Waals surface area contributed by atoms with Crippen molar-refractivity contribution in [2.45, 2.75) is 27.2 Å². The Kier molecular flexibility index (Phi) is 4.03. The average molecular weight is 270 g/mol. The molecule has 20 heavy (non-hydrogen) atoms. The van der Waals surface area contributed by atoms with Gasteiger partial charge >= 0.3 is 5.97 Å². The molecule has 1 heterocycles. The predicted octanol–water partition coefficient (Wildman–Crippen LogP) is 3.15. The zero-order valence-electron chi connectivity index (χ0n) is 11.9. The van der Waals surface area contributed by atoms with Crippen LogP contribution in [0.25, 0.3) is 11.8 Å². The Morgan fingerprint density at radius 3 is 2.65 bits per heavy atom. The van der Waals surface area contributed by atoms with E-state index in [-0.39, 0.29) is 0 Å². The van der Waals surface area contributed by atoms with Crippen molar-refractivity contribution in [2.24, 2.45) is 0 Å². The van der Waals surface area contributed by atoms with Crippen LogP contribution in [0.15, 0.2) is 30.3 Å². The average Bonchev–Trinajstić information content (AvgIpc) is 2.71. The van der Waals surface area contributed by atoms with Crippen LogP contribution in [-0.4, -0.2) is 20.9 Å². The highest BCUT2D eigenvalue weighted by Gasteiger charge is 2.12. The second kappa shape index (κ2) is 5.74. The number of aliphatic carboxylic acids is 1. The summed E-state index contributed by atoms with van der Waals surface area (Å²) in [5.41, 5.74) is 5.08. The lowest BCUT2D eigenvalue weighted by Gasteiger charge is -2.08. The summed E-state index contributed by atoms with van der Waals surface area (Å²) in [4.78, 5) is 10.7. The molecule has 2 aromatic rings. The Labute approximate surface area is 118 Å². The second-order valence-corrected chi connectivity index (χ2v) is 4.65. The summed E-state index contributed by atoms with van der Waals surface area (Å²) in [5.74, 6) is -0.956. The summed E-state index contributed by atoms with van der Waals surface area (Å²) >= 11 is 0. The van der Waals surface area contributed by atoms with Crippen LogP contribution >= 0.6 is 0 Å². The standard InChI is InChI=1S/C16H18N2O2/c1-4-14-11(2)17-18(12(14)3)15-8-6-5-7-13(15)9-10-16(19)20/h5-10H,4H2,1-3H3,(H,19,20)/b10-9+. The van der Waals surface area contributed by atoms with Gasteiger partial charge in [-0.05, 0) is 38.0 Å². The minimum Gasteiger partial charge on any atom is -0.478 e. The van der Waals surface area contributed by atoms with Gasteiger partial charge in [-0.25, -0.2) is 9.48 Å². The van der Waals surface area contributed by atoms with Crippen LogP contribution < -0.4 is 0 Å². The fraction of sp³-hybridized carbons (Fsp3) is 0.250. The van der Waals surface area contributed by atoms with Crippen molar-refractivity contribution in [3.05, 3.63) is 52.9 Å². The van der Waals surface area contributed by atoms with Gasteiger partial charge in [0.2, 0.25) is 0 Å². The Balaban J connectivity index is 2.56. The molecule has 0 saturated carbocycles. The molecular formula is C16H18N2O2. The van der Waals surface area contributed by atoms with Crippen LogP contribution in [0, 0.1) is 13.8 Å². The molecule has 0 aliphatic heterocycles. The first-order chi connectivity index (χ1) is 9.54. The number of benzene rings is 1. The van der Waals surface area contributed by atoms with Gasteiger partial charge in [-0.15, -0.1) is 0 Å². The topological polar surface area (TPSA) is 55.1 Å². The van der Waals surface area contributed by atoms with Gasteiger partial charge in [0.05, 0.1) is 11.4 Å². The number of carbonyl (C=O) groups is 1. The first-order valence-corrected chi connectivity index (χ1v) is 6.60. The minimum absolute atomic E-state index is 0.836. The lowest BCUT2D eigenvalue weighted by Crippen LogP contribution is -2.02. The van der Waals surface area contributed by atoms with Crippen molar-refractivity contribution >= 4 is 12.0 Å². The van der Waals surface area contributed by atoms with Gasteiger partial charge in [-0.1, -0.05) is 25.1 Å². The van der Waals surface area contributed by atoms with Gasteiger partial charge in [0, 0.05) is 17.3 Å². The fourth-order valence-corrected chi connectivity index (χ4v) is 2.40. The minimum atomic E-state index is -0.956. The number of rotatable bonds is 4. The van der Waals surface area contributed by atoms with Gasteiger partial charge in [-0.3, -0.25) is 0 Å². The summed E-state index contributed by atoms with van der Waals surface area (Å²) in [7, 11) is 0. The monoisotopic (exact) mass is 270 g/mol. The molecular weight excluding hydrogens is 252 g/mol. The van der Waals surface area contributed by atoms with E-state index in [2.05, 4.69) is 12.0 Å². The summed E-state index contributed by atoms with van der Waals surface area (Å²) in [6.45, 7) is 6.14. The largest absolute Gasteiger partial charge is 0.478 e. The predicted molar refractivity (Wildman–Crippen MR) is 79.1 cm³/mol. The Bertz CT molecular complexity index is 669. The van der Waals surface area contributed by atoms with Crippen molar-refractivity contribution in [1.29, 1.82) is 0 Å². The molecule has 0 aliphatic rings. The lowest BCUT2D eigenvalue weighted by molar-refractivity contribution is -0.131. The summed E-state index contributed by atoms with van der Waals surface area (Å²) in [6.07, 6.45) is 3.68. The van der Waals surface area contributed by atoms with Gasteiger partial charge in [0.1, 0.15) is 0 Å². The van der Waals surface area contributed by atoms with Gasteiger partial charge in [0.25, 0.3) is 0 Å². The van der Waals surface area contributed by atoms with Crippen LogP contribution in [-0.2, 0) is 11.2 Å². The third-order valence-corrected chi connectivity index (χ3v) is 3.37. The Hall–Kier alpha value is -2.36. The van der Waals surface area contributed by atoms with E-state index >= 15 is 0 Å². The van der Waals surface area contributed by atoms with E-state index in [0.29, 0.717) is 0 Å². The van der Waals surface area contributed by atoms with E-state index in [1.54, 1.807) is 6.08 Å². The van der Waals surface area contributed by atoms with Crippen LogP contribution in [0.4, 0.5) is 0 Å². The smallest absolute Gasteiger partial charge is 0.328 e. The van der Waals surface area contributed by atoms with E-state index in [1.165, 1.54) is 5.56 Å². The number of nitrogens with zero attached hydrogens (tertiary/aromatic N) is 2. The van der Waals surface area contributed by atoms with E-state index in [4.69, 9.17) is 5.11 Å². The molecule has 2 rings (SSSR count). The van der Waals surface area contributed by atoms with Crippen molar-refractivity contribution < 1.29 is 9.90 Å². The van der Waals surface area contributed by atoms with Crippen LogP contribution in [0.5, 0.6) is 0 Å². The third-order valence-electron chi connectivity index (χ3n) is 3.37. The number of para-hydroxylation sites is 1. The van der Waals surface area contributed by atoms with Crippen molar-refractivity contribution in [2.75, 3.05) is 0 Å². The molecule has 0 aliphatic carbocycles. The molecule has 0 atom stereocenters. The van der Waals surface area contributed by atoms with Gasteiger partial charge < -0.3 is 5.11 Å². The number of hydrogen-bond acceptors (Lipinski definition) is 2. The normalized spacial score (nSPS) is 11.2. The number of carboxylic acids is 1. The molecule has 0 bridgehead atoms. The molecule has 0 radical (unpaired) electrons. The van der Waals surface area contributed by atoms with Gasteiger partial charge in [-0.2, -0.15) is 5.10 Å². The zero-order chi connectivity index (χ0) is 14.7. The molecule has 4 nitrogen and oxygen atoms in total. The first kappa shape index (κ1) is 14.1. The quantitative estimate of drug-likeness (QED) is 0.868. The molecule has 4 heteroatoms. The van der Waals surface area contributed by atoms with Crippen molar-refractivity contribution in [3.8, 4) is 5.69 Å². The first-order valence-electron chi connectivity index (χ1n) is 6.60. The Morgan fingerprint density at radius 1 is 1.35 bits per heavy atom. The maximum Gasteiger partial charge on any atom is 0.328 e. The molecule has 1 N–H and O–H groups in total. The van der Waals surface area contributed by atoms with Crippen LogP contribution in [0.3, 0.4) is 0 Å². The van der Waals surface area contributed by atoms with Crippen LogP contribution in [0.2, 0.25) is 0 Å².